The molecule has 24 heavy (non-hydrogen) atoms. The van der Waals surface area contributed by atoms with E-state index in [1.54, 1.807) is 18.2 Å². The molecule has 6 nitrogen and oxygen atoms in total. The number of nitrogens with zero attached hydrogens (tertiary/aromatic N) is 1. The van der Waals surface area contributed by atoms with E-state index in [0.717, 1.165) is 5.76 Å². The van der Waals surface area contributed by atoms with Gasteiger partial charge in [0.15, 0.2) is 11.5 Å². The smallest absolute Gasteiger partial charge is 0.243 e. The van der Waals surface area contributed by atoms with Gasteiger partial charge in [-0.1, -0.05) is 0 Å². The highest BCUT2D eigenvalue weighted by Crippen LogP contribution is 2.33. The molecular formula is C17H21NO5S. The third-order valence-electron chi connectivity index (χ3n) is 3.80. The van der Waals surface area contributed by atoms with Gasteiger partial charge in [0.2, 0.25) is 10.0 Å². The molecular weight excluding hydrogens is 330 g/mol. The Morgan fingerprint density at radius 1 is 1.08 bits per heavy atom. The Hall–Kier alpha value is -1.99. The number of furan rings is 1. The van der Waals surface area contributed by atoms with E-state index < -0.39 is 10.0 Å². The number of hydrogen-bond donors (Lipinski definition) is 0. The molecule has 1 aromatic carbocycles. The van der Waals surface area contributed by atoms with Crippen LogP contribution in [0.25, 0.3) is 0 Å². The SMILES string of the molecule is Cc1ccc(CN(C(C)C)S(=O)(=O)c2ccc3c(c2)OCCO3)o1. The zero-order valence-electron chi connectivity index (χ0n) is 14.0. The summed E-state index contributed by atoms with van der Waals surface area (Å²) in [5, 5.41) is 0. The summed E-state index contributed by atoms with van der Waals surface area (Å²) in [6.45, 7) is 6.57. The van der Waals surface area contributed by atoms with E-state index in [-0.39, 0.29) is 17.5 Å². The molecule has 0 amide bonds. The molecule has 1 aliphatic rings. The van der Waals surface area contributed by atoms with Crippen LogP contribution in [0, 0.1) is 6.92 Å². The zero-order valence-corrected chi connectivity index (χ0v) is 14.8. The van der Waals surface area contributed by atoms with Gasteiger partial charge >= 0.3 is 0 Å². The van der Waals surface area contributed by atoms with E-state index in [1.807, 2.05) is 26.8 Å². The molecule has 0 N–H and O–H groups in total. The lowest BCUT2D eigenvalue weighted by Gasteiger charge is -2.26. The first-order valence-corrected chi connectivity index (χ1v) is 9.29. The van der Waals surface area contributed by atoms with Crippen LogP contribution in [0.1, 0.15) is 25.4 Å². The molecule has 1 aromatic heterocycles. The van der Waals surface area contributed by atoms with Gasteiger partial charge in [0.25, 0.3) is 0 Å². The lowest BCUT2D eigenvalue weighted by molar-refractivity contribution is 0.171. The summed E-state index contributed by atoms with van der Waals surface area (Å²) in [5.41, 5.74) is 0. The topological polar surface area (TPSA) is 69.0 Å². The van der Waals surface area contributed by atoms with Crippen LogP contribution in [0.4, 0.5) is 0 Å². The van der Waals surface area contributed by atoms with Gasteiger partial charge in [-0.15, -0.1) is 0 Å². The van der Waals surface area contributed by atoms with Crippen molar-refractivity contribution < 1.29 is 22.3 Å². The Bertz CT molecular complexity index is 825. The molecule has 0 spiro atoms. The van der Waals surface area contributed by atoms with Crippen LogP contribution >= 0.6 is 0 Å². The molecule has 0 radical (unpaired) electrons. The largest absolute Gasteiger partial charge is 0.486 e. The third kappa shape index (κ3) is 3.27. The minimum atomic E-state index is -3.68. The lowest BCUT2D eigenvalue weighted by Crippen LogP contribution is -2.36. The first-order valence-electron chi connectivity index (χ1n) is 7.85. The van der Waals surface area contributed by atoms with Crippen LogP contribution in [0.5, 0.6) is 11.5 Å². The average Bonchev–Trinajstić information content (AvgIpc) is 2.97. The average molecular weight is 351 g/mol. The van der Waals surface area contributed by atoms with Crippen molar-refractivity contribution in [3.63, 3.8) is 0 Å². The quantitative estimate of drug-likeness (QED) is 0.828. The Balaban J connectivity index is 1.93. The molecule has 0 bridgehead atoms. The van der Waals surface area contributed by atoms with E-state index in [2.05, 4.69) is 0 Å². The molecule has 2 aromatic rings. The van der Waals surface area contributed by atoms with Crippen molar-refractivity contribution in [3.8, 4) is 11.5 Å². The van der Waals surface area contributed by atoms with E-state index in [0.29, 0.717) is 30.5 Å². The second-order valence-corrected chi connectivity index (χ2v) is 7.85. The molecule has 0 atom stereocenters. The summed E-state index contributed by atoms with van der Waals surface area (Å²) in [6.07, 6.45) is 0. The molecule has 0 fully saturated rings. The van der Waals surface area contributed by atoms with Crippen LogP contribution in [-0.2, 0) is 16.6 Å². The van der Waals surface area contributed by atoms with Gasteiger partial charge in [-0.05, 0) is 45.0 Å². The Kier molecular flexibility index (Phi) is 4.56. The maximum absolute atomic E-state index is 13.1. The maximum Gasteiger partial charge on any atom is 0.243 e. The van der Waals surface area contributed by atoms with Crippen molar-refractivity contribution in [3.05, 3.63) is 41.9 Å². The Morgan fingerprint density at radius 3 is 2.42 bits per heavy atom. The first-order chi connectivity index (χ1) is 11.4. The van der Waals surface area contributed by atoms with Gasteiger partial charge < -0.3 is 13.9 Å². The number of sulfonamides is 1. The molecule has 3 rings (SSSR count). The monoisotopic (exact) mass is 351 g/mol. The predicted molar refractivity (Wildman–Crippen MR) is 88.7 cm³/mol. The number of hydrogen-bond acceptors (Lipinski definition) is 5. The van der Waals surface area contributed by atoms with Crippen LogP contribution in [0.2, 0.25) is 0 Å². The zero-order chi connectivity index (χ0) is 17.3. The van der Waals surface area contributed by atoms with Crippen molar-refractivity contribution in [2.45, 2.75) is 38.3 Å². The summed E-state index contributed by atoms with van der Waals surface area (Å²) in [5.74, 6) is 2.39. The van der Waals surface area contributed by atoms with Gasteiger partial charge in [0.1, 0.15) is 24.7 Å². The molecule has 0 saturated carbocycles. The van der Waals surface area contributed by atoms with Crippen molar-refractivity contribution in [2.24, 2.45) is 0 Å². The second-order valence-electron chi connectivity index (χ2n) is 5.96. The summed E-state index contributed by atoms with van der Waals surface area (Å²) < 4.78 is 44.0. The van der Waals surface area contributed by atoms with Gasteiger partial charge in [-0.3, -0.25) is 0 Å². The number of aryl methyl sites for hydroxylation is 1. The summed E-state index contributed by atoms with van der Waals surface area (Å²) in [7, 11) is -3.68. The fourth-order valence-electron chi connectivity index (χ4n) is 2.59. The minimum Gasteiger partial charge on any atom is -0.486 e. The Morgan fingerprint density at radius 2 is 1.79 bits per heavy atom. The van der Waals surface area contributed by atoms with E-state index in [1.165, 1.54) is 10.4 Å². The van der Waals surface area contributed by atoms with Crippen LogP contribution in [0.15, 0.2) is 39.6 Å². The standard InChI is InChI=1S/C17H21NO5S/c1-12(2)18(11-14-5-4-13(3)23-14)24(19,20)15-6-7-16-17(10-15)22-9-8-21-16/h4-7,10,12H,8-9,11H2,1-3H3. The van der Waals surface area contributed by atoms with E-state index in [4.69, 9.17) is 13.9 Å². The van der Waals surface area contributed by atoms with Crippen LogP contribution in [-0.4, -0.2) is 32.0 Å². The molecule has 0 aliphatic carbocycles. The molecule has 2 heterocycles. The summed E-state index contributed by atoms with van der Waals surface area (Å²) >= 11 is 0. The lowest BCUT2D eigenvalue weighted by atomic mass is 10.3. The van der Waals surface area contributed by atoms with E-state index in [9.17, 15) is 8.42 Å². The highest BCUT2D eigenvalue weighted by molar-refractivity contribution is 7.89. The van der Waals surface area contributed by atoms with Crippen molar-refractivity contribution in [2.75, 3.05) is 13.2 Å². The molecule has 7 heteroatoms. The maximum atomic E-state index is 13.1. The van der Waals surface area contributed by atoms with Crippen molar-refractivity contribution >= 4 is 10.0 Å². The van der Waals surface area contributed by atoms with Crippen molar-refractivity contribution in [1.82, 2.24) is 4.31 Å². The Labute approximate surface area is 142 Å². The molecule has 0 saturated heterocycles. The van der Waals surface area contributed by atoms with Gasteiger partial charge in [0.05, 0.1) is 11.4 Å². The number of ether oxygens (including phenoxy) is 2. The summed E-state index contributed by atoms with van der Waals surface area (Å²) in [6, 6.07) is 8.11. The van der Waals surface area contributed by atoms with Crippen molar-refractivity contribution in [1.29, 1.82) is 0 Å². The second kappa shape index (κ2) is 6.49. The fourth-order valence-corrected chi connectivity index (χ4v) is 4.21. The highest BCUT2D eigenvalue weighted by Gasteiger charge is 2.29. The highest BCUT2D eigenvalue weighted by atomic mass is 32.2. The predicted octanol–water partition coefficient (Wildman–Crippen LogP) is 2.96. The number of rotatable bonds is 5. The molecule has 1 aliphatic heterocycles. The molecule has 0 unspecified atom stereocenters. The third-order valence-corrected chi connectivity index (χ3v) is 5.82. The fraction of sp³-hybridized carbons (Fsp3) is 0.412. The van der Waals surface area contributed by atoms with Gasteiger partial charge in [0, 0.05) is 12.1 Å². The van der Waals surface area contributed by atoms with E-state index >= 15 is 0 Å². The van der Waals surface area contributed by atoms with Gasteiger partial charge in [-0.2, -0.15) is 4.31 Å². The first kappa shape index (κ1) is 16.9. The van der Waals surface area contributed by atoms with Crippen LogP contribution in [0.3, 0.4) is 0 Å². The normalized spacial score (nSPS) is 14.4. The molecule has 130 valence electrons. The minimum absolute atomic E-state index is 0.183. The van der Waals surface area contributed by atoms with Crippen LogP contribution < -0.4 is 9.47 Å². The van der Waals surface area contributed by atoms with Gasteiger partial charge in [-0.25, -0.2) is 8.42 Å². The number of fused-ring (bicyclic) bond motifs is 1. The number of benzene rings is 1. The summed E-state index contributed by atoms with van der Waals surface area (Å²) in [4.78, 5) is 0.184.